The third kappa shape index (κ3) is 4.52. The number of ether oxygens (including phenoxy) is 1. The maximum absolute atomic E-state index is 13.4. The van der Waals surface area contributed by atoms with Gasteiger partial charge in [0.25, 0.3) is 15.9 Å². The first-order valence-corrected chi connectivity index (χ1v) is 11.2. The van der Waals surface area contributed by atoms with Gasteiger partial charge in [-0.05, 0) is 78.3 Å². The lowest BCUT2D eigenvalue weighted by Crippen LogP contribution is -2.37. The van der Waals surface area contributed by atoms with Crippen LogP contribution in [0.5, 0.6) is 5.75 Å². The van der Waals surface area contributed by atoms with Gasteiger partial charge in [0.15, 0.2) is 0 Å². The van der Waals surface area contributed by atoms with Gasteiger partial charge >= 0.3 is 0 Å². The molecule has 0 atom stereocenters. The van der Waals surface area contributed by atoms with E-state index in [9.17, 15) is 13.2 Å². The highest BCUT2D eigenvalue weighted by atomic mass is 79.9. The molecule has 0 aliphatic carbocycles. The summed E-state index contributed by atoms with van der Waals surface area (Å²) in [6.07, 6.45) is 0. The van der Waals surface area contributed by atoms with Crippen LogP contribution < -0.4 is 9.04 Å². The van der Waals surface area contributed by atoms with Crippen LogP contribution in [-0.4, -0.2) is 20.9 Å². The predicted octanol–water partition coefficient (Wildman–Crippen LogP) is 5.19. The molecule has 7 heteroatoms. The number of carbonyl (C=O) groups is 1. The van der Waals surface area contributed by atoms with Crippen LogP contribution in [0.4, 0.5) is 5.69 Å². The topological polar surface area (TPSA) is 63.7 Å². The molecule has 3 aromatic carbocycles. The zero-order valence-corrected chi connectivity index (χ0v) is 18.4. The molecule has 3 aromatic rings. The molecule has 3 rings (SSSR count). The summed E-state index contributed by atoms with van der Waals surface area (Å²) < 4.78 is 33.6. The van der Waals surface area contributed by atoms with Gasteiger partial charge in [-0.1, -0.05) is 29.8 Å². The Morgan fingerprint density at radius 2 is 1.59 bits per heavy atom. The summed E-state index contributed by atoms with van der Waals surface area (Å²) in [7, 11) is -4.14. The Balaban J connectivity index is 2.14. The van der Waals surface area contributed by atoms with Crippen molar-refractivity contribution in [2.24, 2.45) is 0 Å². The van der Waals surface area contributed by atoms with E-state index in [0.29, 0.717) is 16.8 Å². The molecule has 0 heterocycles. The van der Waals surface area contributed by atoms with Crippen molar-refractivity contribution in [2.75, 3.05) is 10.9 Å². The highest BCUT2D eigenvalue weighted by Crippen LogP contribution is 2.29. The average molecular weight is 474 g/mol. The number of hydrogen-bond donors (Lipinski definition) is 0. The van der Waals surface area contributed by atoms with Gasteiger partial charge in [-0.2, -0.15) is 4.31 Å². The lowest BCUT2D eigenvalue weighted by atomic mass is 10.2. The number of halogens is 1. The van der Waals surface area contributed by atoms with Gasteiger partial charge in [0.05, 0.1) is 22.8 Å². The van der Waals surface area contributed by atoms with E-state index in [1.807, 2.05) is 13.8 Å². The fourth-order valence-corrected chi connectivity index (χ4v) is 4.63. The van der Waals surface area contributed by atoms with E-state index in [4.69, 9.17) is 4.74 Å². The number of sulfonamides is 1. The van der Waals surface area contributed by atoms with Gasteiger partial charge < -0.3 is 4.74 Å². The quantitative estimate of drug-likeness (QED) is 0.493. The van der Waals surface area contributed by atoms with Crippen molar-refractivity contribution < 1.29 is 17.9 Å². The van der Waals surface area contributed by atoms with Crippen molar-refractivity contribution in [1.29, 1.82) is 0 Å². The summed E-state index contributed by atoms with van der Waals surface area (Å²) in [6.45, 7) is 4.21. The summed E-state index contributed by atoms with van der Waals surface area (Å²) in [5.74, 6) is -0.0560. The second-order valence-electron chi connectivity index (χ2n) is 6.29. The molecular weight excluding hydrogens is 454 g/mol. The first kappa shape index (κ1) is 21.1. The Bertz CT molecular complexity index is 1110. The number of rotatable bonds is 6. The summed E-state index contributed by atoms with van der Waals surface area (Å²) in [5, 5.41) is 0. The van der Waals surface area contributed by atoms with Crippen molar-refractivity contribution in [3.05, 3.63) is 88.4 Å². The summed E-state index contributed by atoms with van der Waals surface area (Å²) in [5.41, 5.74) is 1.40. The van der Waals surface area contributed by atoms with Crippen LogP contribution >= 0.6 is 15.9 Å². The second-order valence-corrected chi connectivity index (χ2v) is 8.94. The fourth-order valence-electron chi connectivity index (χ4n) is 2.77. The molecule has 1 amide bonds. The first-order chi connectivity index (χ1) is 13.8. The minimum Gasteiger partial charge on any atom is -0.494 e. The van der Waals surface area contributed by atoms with E-state index in [1.54, 1.807) is 60.7 Å². The lowest BCUT2D eigenvalue weighted by molar-refractivity contribution is 0.100. The van der Waals surface area contributed by atoms with Crippen LogP contribution in [-0.2, 0) is 10.0 Å². The number of benzene rings is 3. The number of nitrogens with zero attached hydrogens (tertiary/aromatic N) is 1. The molecule has 0 bridgehead atoms. The molecule has 29 heavy (non-hydrogen) atoms. The minimum atomic E-state index is -4.14. The van der Waals surface area contributed by atoms with E-state index in [0.717, 1.165) is 9.87 Å². The fraction of sp³-hybridized carbons (Fsp3) is 0.136. The Morgan fingerprint density at radius 3 is 2.17 bits per heavy atom. The molecule has 0 aliphatic rings. The summed E-state index contributed by atoms with van der Waals surface area (Å²) in [6, 6.07) is 19.5. The zero-order chi connectivity index (χ0) is 21.0. The molecule has 0 unspecified atom stereocenters. The Morgan fingerprint density at radius 1 is 0.966 bits per heavy atom. The molecule has 0 spiro atoms. The highest BCUT2D eigenvalue weighted by molar-refractivity contribution is 9.10. The first-order valence-electron chi connectivity index (χ1n) is 8.98. The van der Waals surface area contributed by atoms with Crippen LogP contribution in [0.3, 0.4) is 0 Å². The minimum absolute atomic E-state index is 0.0392. The maximum atomic E-state index is 13.4. The molecule has 0 saturated heterocycles. The van der Waals surface area contributed by atoms with Crippen molar-refractivity contribution in [3.63, 3.8) is 0 Å². The average Bonchev–Trinajstić information content (AvgIpc) is 2.70. The van der Waals surface area contributed by atoms with Gasteiger partial charge in [0.1, 0.15) is 5.75 Å². The van der Waals surface area contributed by atoms with Crippen molar-refractivity contribution >= 4 is 37.5 Å². The predicted molar refractivity (Wildman–Crippen MR) is 117 cm³/mol. The zero-order valence-electron chi connectivity index (χ0n) is 16.0. The molecule has 150 valence electrons. The Hall–Kier alpha value is -2.64. The van der Waals surface area contributed by atoms with Crippen LogP contribution in [0, 0.1) is 6.92 Å². The van der Waals surface area contributed by atoms with Crippen molar-refractivity contribution in [3.8, 4) is 5.75 Å². The van der Waals surface area contributed by atoms with Gasteiger partial charge in [-0.25, -0.2) is 8.42 Å². The number of amides is 1. The third-order valence-electron chi connectivity index (χ3n) is 4.23. The monoisotopic (exact) mass is 473 g/mol. The lowest BCUT2D eigenvalue weighted by Gasteiger charge is -2.23. The van der Waals surface area contributed by atoms with Gasteiger partial charge in [-0.15, -0.1) is 0 Å². The van der Waals surface area contributed by atoms with Gasteiger partial charge in [-0.3, -0.25) is 4.79 Å². The summed E-state index contributed by atoms with van der Waals surface area (Å²) >= 11 is 3.34. The molecular formula is C22H20BrNO4S. The van der Waals surface area contributed by atoms with Crippen molar-refractivity contribution in [1.82, 2.24) is 0 Å². The van der Waals surface area contributed by atoms with Crippen LogP contribution in [0.1, 0.15) is 22.8 Å². The molecule has 0 fully saturated rings. The number of aryl methyl sites for hydroxylation is 1. The van der Waals surface area contributed by atoms with E-state index in [1.165, 1.54) is 12.1 Å². The smallest absolute Gasteiger partial charge is 0.273 e. The van der Waals surface area contributed by atoms with E-state index in [-0.39, 0.29) is 16.1 Å². The van der Waals surface area contributed by atoms with Gasteiger partial charge in [0, 0.05) is 4.47 Å². The largest absolute Gasteiger partial charge is 0.494 e. The van der Waals surface area contributed by atoms with Crippen LogP contribution in [0.15, 0.2) is 82.2 Å². The maximum Gasteiger partial charge on any atom is 0.273 e. The summed E-state index contributed by atoms with van der Waals surface area (Å²) in [4.78, 5) is 13.4. The Kier molecular flexibility index (Phi) is 6.39. The van der Waals surface area contributed by atoms with E-state index in [2.05, 4.69) is 15.9 Å². The van der Waals surface area contributed by atoms with E-state index >= 15 is 0 Å². The Labute approximate surface area is 179 Å². The molecule has 0 radical (unpaired) electrons. The van der Waals surface area contributed by atoms with Crippen LogP contribution in [0.25, 0.3) is 0 Å². The number of anilines is 1. The van der Waals surface area contributed by atoms with Crippen molar-refractivity contribution in [2.45, 2.75) is 18.7 Å². The normalized spacial score (nSPS) is 11.1. The van der Waals surface area contributed by atoms with Crippen LogP contribution in [0.2, 0.25) is 0 Å². The van der Waals surface area contributed by atoms with Gasteiger partial charge in [0.2, 0.25) is 0 Å². The SMILES string of the molecule is CCOc1ccc(N(C(=O)c2ccccc2Br)S(=O)(=O)c2ccc(C)cc2)cc1. The molecule has 0 saturated carbocycles. The molecule has 0 N–H and O–H groups in total. The highest BCUT2D eigenvalue weighted by Gasteiger charge is 2.32. The van der Waals surface area contributed by atoms with E-state index < -0.39 is 15.9 Å². The second kappa shape index (κ2) is 8.80. The number of hydrogen-bond acceptors (Lipinski definition) is 4. The molecule has 0 aromatic heterocycles. The standard InChI is InChI=1S/C22H20BrNO4S/c1-3-28-18-12-10-17(11-13-18)24(22(25)20-6-4-5-7-21(20)23)29(26,27)19-14-8-16(2)9-15-19/h4-15H,3H2,1-2H3. The molecule has 5 nitrogen and oxygen atoms in total. The number of carbonyl (C=O) groups excluding carboxylic acids is 1. The third-order valence-corrected chi connectivity index (χ3v) is 6.65. The molecule has 0 aliphatic heterocycles.